The average molecular weight is 219 g/mol. The Morgan fingerprint density at radius 1 is 1.69 bits per heavy atom. The molecule has 1 unspecified atom stereocenters. The number of thiazole rings is 1. The van der Waals surface area contributed by atoms with E-state index in [1.807, 2.05) is 12.3 Å². The monoisotopic (exact) mass is 218 g/mol. The molecule has 0 aromatic carbocycles. The molecule has 1 atom stereocenters. The van der Waals surface area contributed by atoms with Gasteiger partial charge in [0.1, 0.15) is 0 Å². The number of aryl methyl sites for hydroxylation is 1. The number of anilines is 1. The number of hydrogen-bond acceptors (Lipinski definition) is 3. The van der Waals surface area contributed by atoms with Crippen molar-refractivity contribution >= 4 is 28.1 Å². The predicted octanol–water partition coefficient (Wildman–Crippen LogP) is 3.27. The van der Waals surface area contributed by atoms with Gasteiger partial charge in [0.25, 0.3) is 0 Å². The van der Waals surface area contributed by atoms with E-state index < -0.39 is 0 Å². The van der Waals surface area contributed by atoms with E-state index >= 15 is 0 Å². The summed E-state index contributed by atoms with van der Waals surface area (Å²) in [6, 6.07) is 0. The maximum atomic E-state index is 5.88. The molecule has 1 aromatic heterocycles. The van der Waals surface area contributed by atoms with Crippen LogP contribution in [0.2, 0.25) is 0 Å². The molecule has 0 fully saturated rings. The van der Waals surface area contributed by atoms with Crippen molar-refractivity contribution in [3.63, 3.8) is 0 Å². The first-order valence-corrected chi connectivity index (χ1v) is 5.77. The van der Waals surface area contributed by atoms with Crippen molar-refractivity contribution in [1.82, 2.24) is 4.98 Å². The summed E-state index contributed by atoms with van der Waals surface area (Å²) < 4.78 is 0. The van der Waals surface area contributed by atoms with Gasteiger partial charge in [-0.25, -0.2) is 4.98 Å². The minimum absolute atomic E-state index is 0.0359. The largest absolute Gasteiger partial charge is 0.355 e. The van der Waals surface area contributed by atoms with Gasteiger partial charge >= 0.3 is 0 Å². The molecule has 0 radical (unpaired) electrons. The lowest BCUT2D eigenvalue weighted by Gasteiger charge is -2.26. The Morgan fingerprint density at radius 3 is 2.77 bits per heavy atom. The fourth-order valence-corrected chi connectivity index (χ4v) is 1.98. The zero-order chi connectivity index (χ0) is 9.90. The van der Waals surface area contributed by atoms with E-state index in [2.05, 4.69) is 24.1 Å². The van der Waals surface area contributed by atoms with Crippen LogP contribution in [0.25, 0.3) is 0 Å². The maximum Gasteiger partial charge on any atom is 0.183 e. The summed E-state index contributed by atoms with van der Waals surface area (Å²) in [7, 11) is 0. The number of halogens is 1. The normalized spacial score (nSPS) is 15.4. The molecule has 0 aliphatic heterocycles. The summed E-state index contributed by atoms with van der Waals surface area (Å²) in [6.45, 7) is 6.22. The summed E-state index contributed by atoms with van der Waals surface area (Å²) in [6.07, 6.45) is 0.995. The first kappa shape index (κ1) is 10.8. The Kier molecular flexibility index (Phi) is 3.56. The van der Waals surface area contributed by atoms with E-state index in [0.717, 1.165) is 17.2 Å². The van der Waals surface area contributed by atoms with E-state index in [-0.39, 0.29) is 5.54 Å². The second-order valence-electron chi connectivity index (χ2n) is 3.47. The number of nitrogens with one attached hydrogen (secondary N) is 1. The molecule has 1 rings (SSSR count). The highest BCUT2D eigenvalue weighted by Gasteiger charge is 2.21. The molecule has 0 spiro atoms. The van der Waals surface area contributed by atoms with Crippen molar-refractivity contribution in [2.75, 3.05) is 11.2 Å². The Labute approximate surface area is 88.3 Å². The molecule has 1 aromatic rings. The first-order chi connectivity index (χ1) is 6.09. The van der Waals surface area contributed by atoms with Crippen LogP contribution in [0.3, 0.4) is 0 Å². The maximum absolute atomic E-state index is 5.88. The Morgan fingerprint density at radius 2 is 2.38 bits per heavy atom. The van der Waals surface area contributed by atoms with Crippen molar-refractivity contribution in [3.8, 4) is 0 Å². The highest BCUT2D eigenvalue weighted by molar-refractivity contribution is 7.13. The van der Waals surface area contributed by atoms with Gasteiger partial charge in [-0.05, 0) is 20.3 Å². The molecule has 0 amide bonds. The fraction of sp³-hybridized carbons (Fsp3) is 0.667. The molecule has 4 heteroatoms. The van der Waals surface area contributed by atoms with Crippen molar-refractivity contribution < 1.29 is 0 Å². The lowest BCUT2D eigenvalue weighted by atomic mass is 10.0. The summed E-state index contributed by atoms with van der Waals surface area (Å²) in [5, 5.41) is 6.35. The van der Waals surface area contributed by atoms with Gasteiger partial charge in [-0.3, -0.25) is 0 Å². The SMILES string of the molecule is CCC(C)(CCl)Nc1nc(C)cs1. The van der Waals surface area contributed by atoms with Gasteiger partial charge < -0.3 is 5.32 Å². The van der Waals surface area contributed by atoms with Crippen LogP contribution in [-0.2, 0) is 0 Å². The van der Waals surface area contributed by atoms with Gasteiger partial charge in [-0.2, -0.15) is 0 Å². The Balaban J connectivity index is 2.67. The third kappa shape index (κ3) is 2.85. The molecule has 0 aliphatic rings. The van der Waals surface area contributed by atoms with Gasteiger partial charge in [-0.1, -0.05) is 6.92 Å². The number of hydrogen-bond donors (Lipinski definition) is 1. The van der Waals surface area contributed by atoms with Crippen LogP contribution in [0.15, 0.2) is 5.38 Å². The smallest absolute Gasteiger partial charge is 0.183 e. The lowest BCUT2D eigenvalue weighted by molar-refractivity contribution is 0.553. The molecule has 0 saturated heterocycles. The molecule has 1 N–H and O–H groups in total. The van der Waals surface area contributed by atoms with Crippen LogP contribution in [0.5, 0.6) is 0 Å². The topological polar surface area (TPSA) is 24.9 Å². The minimum atomic E-state index is -0.0359. The zero-order valence-electron chi connectivity index (χ0n) is 8.22. The van der Waals surface area contributed by atoms with Gasteiger partial charge in [-0.15, -0.1) is 22.9 Å². The quantitative estimate of drug-likeness (QED) is 0.785. The minimum Gasteiger partial charge on any atom is -0.355 e. The number of aromatic nitrogens is 1. The fourth-order valence-electron chi connectivity index (χ4n) is 0.886. The molecule has 74 valence electrons. The van der Waals surface area contributed by atoms with Crippen LogP contribution in [0.1, 0.15) is 26.0 Å². The number of nitrogens with zero attached hydrogens (tertiary/aromatic N) is 1. The van der Waals surface area contributed by atoms with E-state index in [1.54, 1.807) is 11.3 Å². The third-order valence-electron chi connectivity index (χ3n) is 2.10. The number of rotatable bonds is 4. The van der Waals surface area contributed by atoms with E-state index in [9.17, 15) is 0 Å². The third-order valence-corrected chi connectivity index (χ3v) is 3.57. The van der Waals surface area contributed by atoms with Crippen LogP contribution in [0.4, 0.5) is 5.13 Å². The van der Waals surface area contributed by atoms with Gasteiger partial charge in [0.15, 0.2) is 5.13 Å². The van der Waals surface area contributed by atoms with Crippen molar-refractivity contribution in [1.29, 1.82) is 0 Å². The summed E-state index contributed by atoms with van der Waals surface area (Å²) in [5.74, 6) is 0.599. The molecule has 13 heavy (non-hydrogen) atoms. The summed E-state index contributed by atoms with van der Waals surface area (Å²) >= 11 is 7.51. The standard InChI is InChI=1S/C9H15ClN2S/c1-4-9(3,6-10)12-8-11-7(2)5-13-8/h5H,4,6H2,1-3H3,(H,11,12). The van der Waals surface area contributed by atoms with Gasteiger partial charge in [0.05, 0.1) is 5.69 Å². The molecule has 0 saturated carbocycles. The van der Waals surface area contributed by atoms with Crippen LogP contribution in [-0.4, -0.2) is 16.4 Å². The van der Waals surface area contributed by atoms with Gasteiger partial charge in [0, 0.05) is 16.8 Å². The van der Waals surface area contributed by atoms with Crippen LogP contribution >= 0.6 is 22.9 Å². The van der Waals surface area contributed by atoms with E-state index in [4.69, 9.17) is 11.6 Å². The van der Waals surface area contributed by atoms with Crippen molar-refractivity contribution in [2.24, 2.45) is 0 Å². The second-order valence-corrected chi connectivity index (χ2v) is 4.59. The van der Waals surface area contributed by atoms with Crippen LogP contribution in [0, 0.1) is 6.92 Å². The van der Waals surface area contributed by atoms with E-state index in [1.165, 1.54) is 0 Å². The summed E-state index contributed by atoms with van der Waals surface area (Å²) in [5.41, 5.74) is 1.02. The molecular weight excluding hydrogens is 204 g/mol. The van der Waals surface area contributed by atoms with Crippen molar-refractivity contribution in [3.05, 3.63) is 11.1 Å². The van der Waals surface area contributed by atoms with Crippen molar-refractivity contribution in [2.45, 2.75) is 32.7 Å². The molecule has 0 bridgehead atoms. The highest BCUT2D eigenvalue weighted by atomic mass is 35.5. The predicted molar refractivity (Wildman–Crippen MR) is 59.9 cm³/mol. The van der Waals surface area contributed by atoms with Gasteiger partial charge in [0.2, 0.25) is 0 Å². The zero-order valence-corrected chi connectivity index (χ0v) is 9.80. The van der Waals surface area contributed by atoms with Crippen LogP contribution < -0.4 is 5.32 Å². The molecule has 2 nitrogen and oxygen atoms in total. The molecule has 0 aliphatic carbocycles. The second kappa shape index (κ2) is 4.29. The summed E-state index contributed by atoms with van der Waals surface area (Å²) in [4.78, 5) is 4.34. The molecule has 1 heterocycles. The Bertz CT molecular complexity index is 268. The first-order valence-electron chi connectivity index (χ1n) is 4.36. The van der Waals surface area contributed by atoms with E-state index in [0.29, 0.717) is 5.88 Å². The highest BCUT2D eigenvalue weighted by Crippen LogP contribution is 2.22. The average Bonchev–Trinajstić information content (AvgIpc) is 2.51. The molecular formula is C9H15ClN2S. The Hall–Kier alpha value is -0.280. The number of alkyl halides is 1. The lowest BCUT2D eigenvalue weighted by Crippen LogP contribution is -2.35.